The maximum Gasteiger partial charge on any atom is 0.339 e. The number of carbonyl (C=O) groups is 1. The molecule has 4 rings (SSSR count). The van der Waals surface area contributed by atoms with E-state index in [0.717, 1.165) is 0 Å². The molecule has 1 aromatic heterocycles. The van der Waals surface area contributed by atoms with E-state index in [1.165, 1.54) is 19.4 Å². The summed E-state index contributed by atoms with van der Waals surface area (Å²) in [4.78, 5) is 15.8. The first-order valence-corrected chi connectivity index (χ1v) is 9.86. The largest absolute Gasteiger partial charge is 0.496 e. The van der Waals surface area contributed by atoms with Crippen molar-refractivity contribution in [2.24, 2.45) is 0 Å². The summed E-state index contributed by atoms with van der Waals surface area (Å²) in [5.74, 6) is 0.874. The van der Waals surface area contributed by atoms with Crippen molar-refractivity contribution in [1.82, 2.24) is 4.98 Å². The summed E-state index contributed by atoms with van der Waals surface area (Å²) < 4.78 is 16.4. The van der Waals surface area contributed by atoms with Crippen molar-refractivity contribution in [1.29, 1.82) is 5.26 Å². The predicted octanol–water partition coefficient (Wildman–Crippen LogP) is 5.36. The van der Waals surface area contributed by atoms with Crippen molar-refractivity contribution in [3.8, 4) is 29.1 Å². The van der Waals surface area contributed by atoms with E-state index in [-0.39, 0.29) is 11.3 Å². The van der Waals surface area contributed by atoms with Gasteiger partial charge in [0.2, 0.25) is 0 Å². The van der Waals surface area contributed by atoms with Gasteiger partial charge in [0.25, 0.3) is 0 Å². The molecule has 0 aliphatic carbocycles. The molecule has 2 N–H and O–H groups in total. The van der Waals surface area contributed by atoms with E-state index in [4.69, 9.17) is 14.2 Å². The summed E-state index contributed by atoms with van der Waals surface area (Å²) >= 11 is 0. The van der Waals surface area contributed by atoms with Crippen molar-refractivity contribution < 1.29 is 24.1 Å². The van der Waals surface area contributed by atoms with Gasteiger partial charge in [0, 0.05) is 17.3 Å². The summed E-state index contributed by atoms with van der Waals surface area (Å²) in [5, 5.41) is 22.8. The number of methoxy groups -OCH3 is 2. The van der Waals surface area contributed by atoms with Crippen LogP contribution in [0, 0.1) is 11.3 Å². The monoisotopic (exact) mass is 441 g/mol. The van der Waals surface area contributed by atoms with Gasteiger partial charge in [0.15, 0.2) is 11.5 Å². The third-order valence-electron chi connectivity index (χ3n) is 4.96. The average Bonchev–Trinajstić information content (AvgIpc) is 2.84. The number of nitrogens with one attached hydrogen (secondary N) is 1. The van der Waals surface area contributed by atoms with Gasteiger partial charge < -0.3 is 24.6 Å². The highest BCUT2D eigenvalue weighted by molar-refractivity contribution is 6.02. The Morgan fingerprint density at radius 3 is 2.33 bits per heavy atom. The third kappa shape index (κ3) is 4.34. The topological polar surface area (TPSA) is 114 Å². The number of ether oxygens (including phenoxy) is 3. The molecule has 33 heavy (non-hydrogen) atoms. The van der Waals surface area contributed by atoms with Gasteiger partial charge in [0.05, 0.1) is 31.0 Å². The molecule has 0 aliphatic heterocycles. The molecule has 3 aromatic carbocycles. The van der Waals surface area contributed by atoms with Crippen LogP contribution in [0.3, 0.4) is 0 Å². The highest BCUT2D eigenvalue weighted by atomic mass is 16.5. The number of hydrogen-bond donors (Lipinski definition) is 2. The second-order valence-electron chi connectivity index (χ2n) is 6.94. The van der Waals surface area contributed by atoms with Crippen LogP contribution in [0.2, 0.25) is 0 Å². The van der Waals surface area contributed by atoms with Crippen LogP contribution in [0.1, 0.15) is 15.9 Å². The molecule has 0 bridgehead atoms. The number of benzene rings is 3. The number of nitrogens with zero attached hydrogens (tertiary/aromatic N) is 2. The van der Waals surface area contributed by atoms with E-state index >= 15 is 0 Å². The summed E-state index contributed by atoms with van der Waals surface area (Å²) in [6.45, 7) is 0. The van der Waals surface area contributed by atoms with Crippen LogP contribution in [0.25, 0.3) is 10.9 Å². The Morgan fingerprint density at radius 2 is 1.70 bits per heavy atom. The number of para-hydroxylation sites is 2. The first kappa shape index (κ1) is 21.5. The number of aromatic nitrogens is 1. The number of carboxylic acid groups (broad SMARTS) is 1. The summed E-state index contributed by atoms with van der Waals surface area (Å²) in [7, 11) is 2.97. The molecule has 0 amide bonds. The Hall–Kier alpha value is -4.77. The zero-order valence-corrected chi connectivity index (χ0v) is 17.8. The second-order valence-corrected chi connectivity index (χ2v) is 6.94. The molecule has 1 heterocycles. The van der Waals surface area contributed by atoms with Gasteiger partial charge in [-0.1, -0.05) is 12.1 Å². The van der Waals surface area contributed by atoms with E-state index in [0.29, 0.717) is 45.1 Å². The van der Waals surface area contributed by atoms with Gasteiger partial charge >= 0.3 is 5.97 Å². The Labute approximate surface area is 189 Å². The van der Waals surface area contributed by atoms with Crippen molar-refractivity contribution in [3.63, 3.8) is 0 Å². The SMILES string of the molecule is COc1ccccc1Oc1ccc(Nc2c(C#N)cnc3cc(C(=O)O)c(OC)cc23)cc1. The first-order chi connectivity index (χ1) is 16.0. The summed E-state index contributed by atoms with van der Waals surface area (Å²) in [5.41, 5.74) is 1.92. The lowest BCUT2D eigenvalue weighted by Gasteiger charge is -2.14. The fourth-order valence-corrected chi connectivity index (χ4v) is 3.36. The average molecular weight is 441 g/mol. The van der Waals surface area contributed by atoms with Crippen LogP contribution in [-0.4, -0.2) is 30.3 Å². The molecule has 8 heteroatoms. The zero-order valence-electron chi connectivity index (χ0n) is 17.8. The smallest absolute Gasteiger partial charge is 0.339 e. The van der Waals surface area contributed by atoms with Crippen LogP contribution in [0.15, 0.2) is 66.9 Å². The van der Waals surface area contributed by atoms with Crippen LogP contribution in [-0.2, 0) is 0 Å². The minimum atomic E-state index is -1.12. The maximum atomic E-state index is 11.5. The number of nitriles is 1. The first-order valence-electron chi connectivity index (χ1n) is 9.86. The molecule has 0 saturated heterocycles. The fraction of sp³-hybridized carbons (Fsp3) is 0.0800. The van der Waals surface area contributed by atoms with Gasteiger partial charge in [-0.3, -0.25) is 4.98 Å². The molecule has 0 atom stereocenters. The molecule has 164 valence electrons. The molecule has 0 fully saturated rings. The van der Waals surface area contributed by atoms with Crippen LogP contribution in [0.4, 0.5) is 11.4 Å². The molecular weight excluding hydrogens is 422 g/mol. The minimum absolute atomic E-state index is 0.00833. The number of fused-ring (bicyclic) bond motifs is 1. The number of hydrogen-bond acceptors (Lipinski definition) is 7. The van der Waals surface area contributed by atoms with Gasteiger partial charge in [0.1, 0.15) is 23.1 Å². The lowest BCUT2D eigenvalue weighted by Crippen LogP contribution is -2.03. The van der Waals surface area contributed by atoms with Crippen molar-refractivity contribution in [2.45, 2.75) is 0 Å². The molecule has 4 aromatic rings. The standard InChI is InChI=1S/C25H19N3O5/c1-31-21-5-3-4-6-22(21)33-17-9-7-16(8-10-17)28-24-15(13-26)14-27-20-11-19(25(29)30)23(32-2)12-18(20)24/h3-12,14H,1-2H3,(H,27,28)(H,29,30). The van der Waals surface area contributed by atoms with Gasteiger partial charge in [-0.05, 0) is 48.5 Å². The van der Waals surface area contributed by atoms with Gasteiger partial charge in [-0.15, -0.1) is 0 Å². The van der Waals surface area contributed by atoms with Crippen molar-refractivity contribution >= 4 is 28.2 Å². The number of pyridine rings is 1. The maximum absolute atomic E-state index is 11.5. The highest BCUT2D eigenvalue weighted by Crippen LogP contribution is 2.35. The predicted molar refractivity (Wildman–Crippen MR) is 123 cm³/mol. The normalized spacial score (nSPS) is 10.3. The van der Waals surface area contributed by atoms with Crippen LogP contribution < -0.4 is 19.5 Å². The minimum Gasteiger partial charge on any atom is -0.496 e. The van der Waals surface area contributed by atoms with E-state index in [2.05, 4.69) is 16.4 Å². The van der Waals surface area contributed by atoms with E-state index in [9.17, 15) is 15.2 Å². The molecule has 0 spiro atoms. The second kappa shape index (κ2) is 9.16. The van der Waals surface area contributed by atoms with Crippen LogP contribution >= 0.6 is 0 Å². The lowest BCUT2D eigenvalue weighted by molar-refractivity contribution is 0.0693. The van der Waals surface area contributed by atoms with Crippen LogP contribution in [0.5, 0.6) is 23.0 Å². The Balaban J connectivity index is 1.68. The molecule has 0 radical (unpaired) electrons. The molecular formula is C25H19N3O5. The van der Waals surface area contributed by atoms with Gasteiger partial charge in [-0.2, -0.15) is 5.26 Å². The Morgan fingerprint density at radius 1 is 1.00 bits per heavy atom. The molecule has 0 aliphatic rings. The van der Waals surface area contributed by atoms with Crippen molar-refractivity contribution in [2.75, 3.05) is 19.5 Å². The molecule has 8 nitrogen and oxygen atoms in total. The zero-order chi connectivity index (χ0) is 23.4. The highest BCUT2D eigenvalue weighted by Gasteiger charge is 2.17. The van der Waals surface area contributed by atoms with E-state index in [1.54, 1.807) is 37.4 Å². The number of anilines is 2. The van der Waals surface area contributed by atoms with E-state index < -0.39 is 5.97 Å². The number of rotatable bonds is 7. The molecule has 0 saturated carbocycles. The fourth-order valence-electron chi connectivity index (χ4n) is 3.36. The van der Waals surface area contributed by atoms with Crippen molar-refractivity contribution in [3.05, 3.63) is 78.0 Å². The lowest BCUT2D eigenvalue weighted by atomic mass is 10.1. The van der Waals surface area contributed by atoms with Gasteiger partial charge in [-0.25, -0.2) is 4.79 Å². The quantitative estimate of drug-likeness (QED) is 0.394. The van der Waals surface area contributed by atoms with E-state index in [1.807, 2.05) is 24.3 Å². The Bertz CT molecular complexity index is 1380. The number of carboxylic acids is 1. The third-order valence-corrected chi connectivity index (χ3v) is 4.96. The summed E-state index contributed by atoms with van der Waals surface area (Å²) in [6, 6.07) is 19.6. The molecule has 0 unspecified atom stereocenters. The summed E-state index contributed by atoms with van der Waals surface area (Å²) in [6.07, 6.45) is 1.40. The number of aromatic carboxylic acids is 1. The Kier molecular flexibility index (Phi) is 5.96.